The van der Waals surface area contributed by atoms with Crippen molar-refractivity contribution >= 4 is 23.9 Å². The lowest BCUT2D eigenvalue weighted by atomic mass is 9.93. The number of rotatable bonds is 2. The summed E-state index contributed by atoms with van der Waals surface area (Å²) in [6.07, 6.45) is 5.75. The maximum absolute atomic E-state index is 12.7. The van der Waals surface area contributed by atoms with Crippen LogP contribution in [-0.4, -0.2) is 39.0 Å². The molecule has 0 radical (unpaired) electrons. The van der Waals surface area contributed by atoms with Crippen LogP contribution < -0.4 is 5.32 Å². The van der Waals surface area contributed by atoms with E-state index in [4.69, 9.17) is 0 Å². The highest BCUT2D eigenvalue weighted by Gasteiger charge is 2.40. The van der Waals surface area contributed by atoms with Gasteiger partial charge in [-0.2, -0.15) is 0 Å². The van der Waals surface area contributed by atoms with Gasteiger partial charge in [-0.25, -0.2) is 4.79 Å². The van der Waals surface area contributed by atoms with Gasteiger partial charge < -0.3 is 10.2 Å². The highest BCUT2D eigenvalue weighted by molar-refractivity contribution is 6.31. The van der Waals surface area contributed by atoms with E-state index in [2.05, 4.69) is 5.32 Å². The second-order valence-electron chi connectivity index (χ2n) is 6.03. The Labute approximate surface area is 138 Å². The second kappa shape index (κ2) is 6.35. The molecule has 1 saturated heterocycles. The molecule has 4 amide bonds. The number of urea groups is 1. The van der Waals surface area contributed by atoms with Crippen molar-refractivity contribution in [1.82, 2.24) is 10.2 Å². The van der Waals surface area contributed by atoms with Crippen LogP contribution in [0.3, 0.4) is 0 Å². The summed E-state index contributed by atoms with van der Waals surface area (Å²) >= 11 is 0. The molecule has 1 aliphatic carbocycles. The van der Waals surface area contributed by atoms with Crippen molar-refractivity contribution in [1.29, 1.82) is 0 Å². The number of barbiturate groups is 1. The summed E-state index contributed by atoms with van der Waals surface area (Å²) in [7, 11) is 0. The van der Waals surface area contributed by atoms with Crippen molar-refractivity contribution in [2.75, 3.05) is 0 Å². The van der Waals surface area contributed by atoms with Crippen LogP contribution in [0.1, 0.15) is 37.7 Å². The third-order valence-corrected chi connectivity index (χ3v) is 4.38. The molecule has 7 nitrogen and oxygen atoms in total. The smallest absolute Gasteiger partial charge is 0.331 e. The predicted molar refractivity (Wildman–Crippen MR) is 85.0 cm³/mol. The molecular weight excluding hydrogens is 312 g/mol. The quantitative estimate of drug-likeness (QED) is 0.436. The molecule has 3 rings (SSSR count). The number of nitrogens with zero attached hydrogens (tertiary/aromatic N) is 1. The van der Waals surface area contributed by atoms with Gasteiger partial charge in [-0.15, -0.1) is 0 Å². The fourth-order valence-electron chi connectivity index (χ4n) is 3.14. The summed E-state index contributed by atoms with van der Waals surface area (Å²) in [5, 5.41) is 21.1. The molecule has 24 heavy (non-hydrogen) atoms. The van der Waals surface area contributed by atoms with E-state index < -0.39 is 17.8 Å². The molecule has 0 aromatic heterocycles. The molecule has 0 spiro atoms. The molecule has 1 aliphatic heterocycles. The molecule has 1 aromatic carbocycles. The summed E-state index contributed by atoms with van der Waals surface area (Å²) in [6, 6.07) is 3.09. The van der Waals surface area contributed by atoms with Gasteiger partial charge in [0.1, 0.15) is 5.57 Å². The van der Waals surface area contributed by atoms with Crippen molar-refractivity contribution in [2.45, 2.75) is 38.1 Å². The van der Waals surface area contributed by atoms with Crippen LogP contribution in [0.5, 0.6) is 11.5 Å². The normalized spacial score (nSPS) is 21.2. The summed E-state index contributed by atoms with van der Waals surface area (Å²) in [6.45, 7) is 0. The minimum absolute atomic E-state index is 0.162. The maximum atomic E-state index is 12.7. The lowest BCUT2D eigenvalue weighted by Crippen LogP contribution is -2.58. The molecule has 0 atom stereocenters. The maximum Gasteiger partial charge on any atom is 0.331 e. The number of hydrogen-bond acceptors (Lipinski definition) is 5. The third-order valence-electron chi connectivity index (χ3n) is 4.38. The van der Waals surface area contributed by atoms with E-state index in [0.29, 0.717) is 5.56 Å². The molecule has 1 heterocycles. The highest BCUT2D eigenvalue weighted by Crippen LogP contribution is 2.28. The van der Waals surface area contributed by atoms with Crippen LogP contribution in [0.15, 0.2) is 23.8 Å². The number of nitrogens with one attached hydrogen (secondary N) is 1. The van der Waals surface area contributed by atoms with E-state index in [-0.39, 0.29) is 23.1 Å². The molecule has 7 heteroatoms. The van der Waals surface area contributed by atoms with Crippen molar-refractivity contribution in [3.05, 3.63) is 29.3 Å². The summed E-state index contributed by atoms with van der Waals surface area (Å²) in [5.74, 6) is -2.03. The Balaban J connectivity index is 1.92. The number of amides is 4. The van der Waals surface area contributed by atoms with E-state index in [0.717, 1.165) is 37.0 Å². The van der Waals surface area contributed by atoms with Gasteiger partial charge in [0.05, 0.1) is 0 Å². The zero-order valence-corrected chi connectivity index (χ0v) is 13.0. The van der Waals surface area contributed by atoms with Gasteiger partial charge >= 0.3 is 6.03 Å². The minimum atomic E-state index is -0.760. The van der Waals surface area contributed by atoms with Gasteiger partial charge in [-0.05, 0) is 36.6 Å². The van der Waals surface area contributed by atoms with Gasteiger partial charge in [0.2, 0.25) is 0 Å². The lowest BCUT2D eigenvalue weighted by Gasteiger charge is -2.35. The van der Waals surface area contributed by atoms with Crippen LogP contribution in [0, 0.1) is 0 Å². The Hall–Kier alpha value is -2.83. The van der Waals surface area contributed by atoms with Crippen LogP contribution in [0.25, 0.3) is 6.08 Å². The first kappa shape index (κ1) is 16.0. The number of hydrogen-bond donors (Lipinski definition) is 3. The molecule has 1 saturated carbocycles. The lowest BCUT2D eigenvalue weighted by molar-refractivity contribution is -0.132. The number of carbonyl (C=O) groups is 3. The molecule has 126 valence electrons. The number of phenols is 2. The molecule has 3 N–H and O–H groups in total. The minimum Gasteiger partial charge on any atom is -0.504 e. The zero-order chi connectivity index (χ0) is 17.3. The molecular formula is C17H18N2O5. The largest absolute Gasteiger partial charge is 0.504 e. The van der Waals surface area contributed by atoms with Gasteiger partial charge in [0.25, 0.3) is 11.8 Å². The Morgan fingerprint density at radius 1 is 1.04 bits per heavy atom. The Morgan fingerprint density at radius 2 is 1.75 bits per heavy atom. The molecule has 1 aromatic rings. The number of carbonyl (C=O) groups excluding carboxylic acids is 3. The Kier molecular flexibility index (Phi) is 4.24. The molecule has 2 fully saturated rings. The van der Waals surface area contributed by atoms with E-state index >= 15 is 0 Å². The van der Waals surface area contributed by atoms with Crippen LogP contribution in [-0.2, 0) is 9.59 Å². The Morgan fingerprint density at radius 3 is 2.42 bits per heavy atom. The van der Waals surface area contributed by atoms with Crippen LogP contribution >= 0.6 is 0 Å². The average Bonchev–Trinajstić information content (AvgIpc) is 2.55. The summed E-state index contributed by atoms with van der Waals surface area (Å²) in [5.41, 5.74) is 0.215. The van der Waals surface area contributed by atoms with E-state index in [1.807, 2.05) is 0 Å². The van der Waals surface area contributed by atoms with Crippen molar-refractivity contribution in [3.8, 4) is 11.5 Å². The average molecular weight is 330 g/mol. The fraction of sp³-hybridized carbons (Fsp3) is 0.353. The van der Waals surface area contributed by atoms with Crippen LogP contribution in [0.2, 0.25) is 0 Å². The topological polar surface area (TPSA) is 107 Å². The van der Waals surface area contributed by atoms with Gasteiger partial charge in [0, 0.05) is 6.04 Å². The monoisotopic (exact) mass is 330 g/mol. The number of benzene rings is 1. The van der Waals surface area contributed by atoms with E-state index in [9.17, 15) is 24.6 Å². The van der Waals surface area contributed by atoms with Gasteiger partial charge in [-0.3, -0.25) is 19.8 Å². The molecule has 2 aliphatic rings. The number of phenolic OH excluding ortho intramolecular Hbond substituents is 2. The van der Waals surface area contributed by atoms with Crippen molar-refractivity contribution < 1.29 is 24.6 Å². The first-order valence-electron chi connectivity index (χ1n) is 7.90. The first-order chi connectivity index (χ1) is 11.5. The van der Waals surface area contributed by atoms with Gasteiger partial charge in [-0.1, -0.05) is 25.3 Å². The number of aromatic hydroxyl groups is 2. The van der Waals surface area contributed by atoms with E-state index in [1.54, 1.807) is 0 Å². The third kappa shape index (κ3) is 2.97. The second-order valence-corrected chi connectivity index (χ2v) is 6.03. The van der Waals surface area contributed by atoms with Crippen LogP contribution in [0.4, 0.5) is 4.79 Å². The first-order valence-corrected chi connectivity index (χ1v) is 7.90. The molecule has 0 bridgehead atoms. The Bertz CT molecular complexity index is 734. The van der Waals surface area contributed by atoms with E-state index in [1.165, 1.54) is 24.3 Å². The number of imide groups is 2. The SMILES string of the molecule is O=C1NC(=O)N(C2CCCCC2)C(=O)/C1=C\c1ccc(O)c(O)c1. The zero-order valence-electron chi connectivity index (χ0n) is 13.0. The fourth-order valence-corrected chi connectivity index (χ4v) is 3.14. The summed E-state index contributed by atoms with van der Waals surface area (Å²) in [4.78, 5) is 37.9. The van der Waals surface area contributed by atoms with Gasteiger partial charge in [0.15, 0.2) is 11.5 Å². The molecule has 0 unspecified atom stereocenters. The predicted octanol–water partition coefficient (Wildman–Crippen LogP) is 1.89. The standard InChI is InChI=1S/C17H18N2O5/c20-13-7-6-10(9-14(13)21)8-12-15(22)18-17(24)19(16(12)23)11-4-2-1-3-5-11/h6-9,11,20-21H,1-5H2,(H,18,22,24)/b12-8-. The highest BCUT2D eigenvalue weighted by atomic mass is 16.3. The summed E-state index contributed by atoms with van der Waals surface area (Å²) < 4.78 is 0. The van der Waals surface area contributed by atoms with Crippen molar-refractivity contribution in [3.63, 3.8) is 0 Å². The van der Waals surface area contributed by atoms with Crippen molar-refractivity contribution in [2.24, 2.45) is 0 Å².